The third kappa shape index (κ3) is 9.24. The van der Waals surface area contributed by atoms with Crippen LogP contribution in [0.15, 0.2) is 24.5 Å². The number of pyridine rings is 1. The lowest BCUT2D eigenvalue weighted by Crippen LogP contribution is -2.62. The lowest BCUT2D eigenvalue weighted by atomic mass is 9.77. The van der Waals surface area contributed by atoms with E-state index in [2.05, 4.69) is 20.9 Å². The number of primary amides is 1. The van der Waals surface area contributed by atoms with Crippen molar-refractivity contribution in [3.05, 3.63) is 30.1 Å². The van der Waals surface area contributed by atoms with E-state index in [0.717, 1.165) is 44.1 Å². The van der Waals surface area contributed by atoms with E-state index >= 15 is 0 Å². The highest BCUT2D eigenvalue weighted by molar-refractivity contribution is 6.37. The Morgan fingerprint density at radius 3 is 2.37 bits per heavy atom. The average Bonchev–Trinajstić information content (AvgIpc) is 3.45. The summed E-state index contributed by atoms with van der Waals surface area (Å²) in [5.41, 5.74) is 5.21. The molecule has 0 bridgehead atoms. The number of urea groups is 1. The van der Waals surface area contributed by atoms with Crippen molar-refractivity contribution in [3.8, 4) is 0 Å². The molecule has 4 atom stereocenters. The molecule has 2 fully saturated rings. The molecule has 5 amide bonds. The van der Waals surface area contributed by atoms with Gasteiger partial charge in [-0.2, -0.15) is 0 Å². The Labute approximate surface area is 255 Å². The maximum atomic E-state index is 14.0. The Bertz CT molecular complexity index is 1140. The average molecular weight is 599 g/mol. The zero-order chi connectivity index (χ0) is 31.8. The molecule has 11 nitrogen and oxygen atoms in total. The van der Waals surface area contributed by atoms with Crippen molar-refractivity contribution >= 4 is 29.5 Å². The third-order valence-corrected chi connectivity index (χ3v) is 8.89. The summed E-state index contributed by atoms with van der Waals surface area (Å²) in [6.45, 7) is 9.86. The molecule has 3 unspecified atom stereocenters. The highest BCUT2D eigenvalue weighted by Crippen LogP contribution is 2.32. The molecule has 1 aliphatic carbocycles. The van der Waals surface area contributed by atoms with Crippen molar-refractivity contribution < 1.29 is 24.0 Å². The first-order valence-corrected chi connectivity index (χ1v) is 15.7. The number of amides is 5. The smallest absolute Gasteiger partial charge is 0.315 e. The van der Waals surface area contributed by atoms with Crippen LogP contribution < -0.4 is 21.7 Å². The molecule has 0 aromatic carbocycles. The highest BCUT2D eigenvalue weighted by Gasteiger charge is 2.43. The second-order valence-electron chi connectivity index (χ2n) is 13.5. The second kappa shape index (κ2) is 14.8. The van der Waals surface area contributed by atoms with E-state index in [1.54, 1.807) is 6.20 Å². The van der Waals surface area contributed by atoms with Crippen LogP contribution >= 0.6 is 0 Å². The first kappa shape index (κ1) is 34.0. The van der Waals surface area contributed by atoms with Crippen LogP contribution in [-0.2, 0) is 25.6 Å². The summed E-state index contributed by atoms with van der Waals surface area (Å²) < 4.78 is 0. The number of Topliss-reactive ketones (excluding diaryl/α,β-unsaturated/α-hetero) is 1. The topological polar surface area (TPSA) is 164 Å². The van der Waals surface area contributed by atoms with Gasteiger partial charge in [-0.3, -0.25) is 24.2 Å². The maximum absolute atomic E-state index is 14.0. The molecule has 43 heavy (non-hydrogen) atoms. The van der Waals surface area contributed by atoms with Crippen molar-refractivity contribution in [1.29, 1.82) is 0 Å². The molecule has 1 saturated heterocycles. The Morgan fingerprint density at radius 1 is 1.09 bits per heavy atom. The molecular weight excluding hydrogens is 548 g/mol. The molecule has 0 spiro atoms. The third-order valence-electron chi connectivity index (χ3n) is 8.89. The summed E-state index contributed by atoms with van der Waals surface area (Å²) in [6, 6.07) is 0.708. The van der Waals surface area contributed by atoms with E-state index in [1.807, 2.05) is 52.9 Å². The number of likely N-dealkylation sites (tertiary alicyclic amines) is 1. The van der Waals surface area contributed by atoms with Gasteiger partial charge in [0.25, 0.3) is 5.91 Å². The van der Waals surface area contributed by atoms with E-state index in [1.165, 1.54) is 4.90 Å². The van der Waals surface area contributed by atoms with Crippen molar-refractivity contribution in [3.63, 3.8) is 0 Å². The minimum Gasteiger partial charge on any atom is -0.363 e. The number of nitrogens with two attached hydrogens (primary N) is 1. The molecule has 2 aliphatic rings. The number of rotatable bonds is 12. The molecule has 2 heterocycles. The fourth-order valence-corrected chi connectivity index (χ4v) is 6.23. The SMILES string of the molecule is CCC(C)CC(NC(=O)[C@@H]1CCCN1C(=O)C(NC(=O)NC1(Cc2cccnc2)CCCCC1)C(C)(C)C)C(=O)C(N)=O. The van der Waals surface area contributed by atoms with E-state index in [9.17, 15) is 24.0 Å². The number of hydrogen-bond acceptors (Lipinski definition) is 6. The lowest BCUT2D eigenvalue weighted by molar-refractivity contribution is -0.143. The van der Waals surface area contributed by atoms with E-state index in [-0.39, 0.29) is 18.2 Å². The number of hydrogen-bond donors (Lipinski definition) is 4. The van der Waals surface area contributed by atoms with Crippen molar-refractivity contribution in [1.82, 2.24) is 25.8 Å². The first-order valence-electron chi connectivity index (χ1n) is 15.7. The molecule has 1 aromatic heterocycles. The fourth-order valence-electron chi connectivity index (χ4n) is 6.23. The number of carbonyl (C=O) groups is 5. The quantitative estimate of drug-likeness (QED) is 0.270. The van der Waals surface area contributed by atoms with E-state index in [4.69, 9.17) is 5.73 Å². The fraction of sp³-hybridized carbons (Fsp3) is 0.688. The molecule has 3 rings (SSSR count). The van der Waals surface area contributed by atoms with Crippen LogP contribution in [0.1, 0.15) is 98.0 Å². The van der Waals surface area contributed by atoms with Crippen molar-refractivity contribution in [2.75, 3.05) is 6.54 Å². The van der Waals surface area contributed by atoms with Crippen LogP contribution in [0.2, 0.25) is 0 Å². The lowest BCUT2D eigenvalue weighted by Gasteiger charge is -2.40. The monoisotopic (exact) mass is 598 g/mol. The molecule has 11 heteroatoms. The molecule has 1 saturated carbocycles. The Kier molecular flexibility index (Phi) is 11.7. The minimum atomic E-state index is -1.10. The predicted molar refractivity (Wildman–Crippen MR) is 164 cm³/mol. The summed E-state index contributed by atoms with van der Waals surface area (Å²) in [7, 11) is 0. The standard InChI is InChI=1S/C32H50N6O5/c1-6-21(2)18-23(25(39)27(33)40)35-28(41)24-13-11-17-38(24)29(42)26(31(3,4)5)36-30(43)37-32(14-8-7-9-15-32)19-22-12-10-16-34-20-22/h10,12,16,20-21,23-24,26H,6-9,11,13-15,17-19H2,1-5H3,(H2,33,40)(H,35,41)(H2,36,37,43)/t21?,23?,24-,26?/m0/s1. The summed E-state index contributed by atoms with van der Waals surface area (Å²) in [5, 5.41) is 8.88. The summed E-state index contributed by atoms with van der Waals surface area (Å²) in [5.74, 6) is -2.73. The number of ketones is 1. The van der Waals surface area contributed by atoms with Crippen LogP contribution in [0.25, 0.3) is 0 Å². The van der Waals surface area contributed by atoms with Gasteiger partial charge in [-0.1, -0.05) is 66.4 Å². The van der Waals surface area contributed by atoms with Gasteiger partial charge in [0, 0.05) is 24.5 Å². The second-order valence-corrected chi connectivity index (χ2v) is 13.5. The Hall–Kier alpha value is -3.50. The van der Waals surface area contributed by atoms with Crippen LogP contribution in [0.5, 0.6) is 0 Å². The molecular formula is C32H50N6O5. The minimum absolute atomic E-state index is 0.0773. The molecule has 1 aromatic rings. The maximum Gasteiger partial charge on any atom is 0.315 e. The zero-order valence-electron chi connectivity index (χ0n) is 26.4. The molecule has 238 valence electrons. The number of carbonyl (C=O) groups excluding carboxylic acids is 5. The van der Waals surface area contributed by atoms with Gasteiger partial charge in [0.15, 0.2) is 0 Å². The van der Waals surface area contributed by atoms with Gasteiger partial charge < -0.3 is 26.6 Å². The van der Waals surface area contributed by atoms with Crippen LogP contribution in [0.4, 0.5) is 4.79 Å². The number of nitrogens with one attached hydrogen (secondary N) is 3. The van der Waals surface area contributed by atoms with Crippen LogP contribution in [0, 0.1) is 11.3 Å². The molecule has 0 radical (unpaired) electrons. The molecule has 1 aliphatic heterocycles. The number of nitrogens with zero attached hydrogens (tertiary/aromatic N) is 2. The van der Waals surface area contributed by atoms with Gasteiger partial charge in [0.1, 0.15) is 12.1 Å². The Balaban J connectivity index is 1.75. The van der Waals surface area contributed by atoms with Gasteiger partial charge in [-0.25, -0.2) is 4.79 Å². The van der Waals surface area contributed by atoms with Crippen molar-refractivity contribution in [2.24, 2.45) is 17.1 Å². The van der Waals surface area contributed by atoms with Gasteiger partial charge in [-0.05, 0) is 61.5 Å². The van der Waals surface area contributed by atoms with Crippen LogP contribution in [-0.4, -0.2) is 69.6 Å². The van der Waals surface area contributed by atoms with Crippen molar-refractivity contribution in [2.45, 2.75) is 122 Å². The predicted octanol–water partition coefficient (Wildman–Crippen LogP) is 3.01. The first-order chi connectivity index (χ1) is 20.3. The van der Waals surface area contributed by atoms with Crippen LogP contribution in [0.3, 0.4) is 0 Å². The van der Waals surface area contributed by atoms with Gasteiger partial charge >= 0.3 is 6.03 Å². The summed E-state index contributed by atoms with van der Waals surface area (Å²) >= 11 is 0. The Morgan fingerprint density at radius 2 is 1.79 bits per heavy atom. The van der Waals surface area contributed by atoms with Gasteiger partial charge in [-0.15, -0.1) is 0 Å². The van der Waals surface area contributed by atoms with Gasteiger partial charge in [0.2, 0.25) is 17.6 Å². The normalized spacial score (nSPS) is 20.4. The molecule has 5 N–H and O–H groups in total. The highest BCUT2D eigenvalue weighted by atomic mass is 16.2. The van der Waals surface area contributed by atoms with E-state index in [0.29, 0.717) is 25.8 Å². The van der Waals surface area contributed by atoms with Gasteiger partial charge in [0.05, 0.1) is 6.04 Å². The largest absolute Gasteiger partial charge is 0.363 e. The zero-order valence-corrected chi connectivity index (χ0v) is 26.4. The number of aromatic nitrogens is 1. The summed E-state index contributed by atoms with van der Waals surface area (Å²) in [4.78, 5) is 70.9. The summed E-state index contributed by atoms with van der Waals surface area (Å²) in [6.07, 6.45) is 11.0. The van der Waals surface area contributed by atoms with E-state index < -0.39 is 52.7 Å².